The number of imidazole rings is 1. The molecule has 1 saturated carbocycles. The van der Waals surface area contributed by atoms with Crippen molar-refractivity contribution in [2.24, 2.45) is 5.92 Å². The molecule has 4 heteroatoms. The quantitative estimate of drug-likeness (QED) is 0.856. The standard InChI is InChI=1S/C15H27N3O/c1-4-13-6-5-7-14(10-13)17-15-16-8-9-18(15)12(2)11-19-3/h8-9,12-14H,4-7,10-11H2,1-3H3,(H,16,17). The summed E-state index contributed by atoms with van der Waals surface area (Å²) in [5.74, 6) is 1.87. The van der Waals surface area contributed by atoms with Crippen molar-refractivity contribution in [1.29, 1.82) is 0 Å². The molecule has 0 spiro atoms. The average molecular weight is 265 g/mol. The molecule has 4 nitrogen and oxygen atoms in total. The van der Waals surface area contributed by atoms with Gasteiger partial charge in [0.1, 0.15) is 0 Å². The Hall–Kier alpha value is -1.03. The molecule has 0 aromatic carbocycles. The maximum atomic E-state index is 5.23. The van der Waals surface area contributed by atoms with Gasteiger partial charge in [0.05, 0.1) is 12.6 Å². The second-order valence-corrected chi connectivity index (χ2v) is 5.74. The summed E-state index contributed by atoms with van der Waals surface area (Å²) in [6.45, 7) is 5.17. The third-order valence-electron chi connectivity index (χ3n) is 4.24. The molecule has 3 unspecified atom stereocenters. The molecule has 0 bridgehead atoms. The summed E-state index contributed by atoms with van der Waals surface area (Å²) in [6, 6.07) is 0.898. The number of anilines is 1. The third-order valence-corrected chi connectivity index (χ3v) is 4.24. The van der Waals surface area contributed by atoms with Gasteiger partial charge in [-0.05, 0) is 25.7 Å². The highest BCUT2D eigenvalue weighted by atomic mass is 16.5. The summed E-state index contributed by atoms with van der Waals surface area (Å²) in [4.78, 5) is 4.46. The lowest BCUT2D eigenvalue weighted by Gasteiger charge is -2.30. The van der Waals surface area contributed by atoms with Crippen LogP contribution in [0.5, 0.6) is 0 Å². The van der Waals surface area contributed by atoms with E-state index >= 15 is 0 Å². The van der Waals surface area contributed by atoms with Crippen LogP contribution in [0.25, 0.3) is 0 Å². The third kappa shape index (κ3) is 3.72. The smallest absolute Gasteiger partial charge is 0.203 e. The lowest BCUT2D eigenvalue weighted by Crippen LogP contribution is -2.29. The zero-order valence-corrected chi connectivity index (χ0v) is 12.4. The molecule has 108 valence electrons. The molecular weight excluding hydrogens is 238 g/mol. The predicted molar refractivity (Wildman–Crippen MR) is 78.5 cm³/mol. The number of hydrogen-bond acceptors (Lipinski definition) is 3. The van der Waals surface area contributed by atoms with Crippen molar-refractivity contribution in [3.05, 3.63) is 12.4 Å². The van der Waals surface area contributed by atoms with E-state index < -0.39 is 0 Å². The van der Waals surface area contributed by atoms with Crippen molar-refractivity contribution >= 4 is 5.95 Å². The van der Waals surface area contributed by atoms with Crippen LogP contribution in [0.3, 0.4) is 0 Å². The average Bonchev–Trinajstić information content (AvgIpc) is 2.87. The van der Waals surface area contributed by atoms with Crippen molar-refractivity contribution < 1.29 is 4.74 Å². The number of rotatable bonds is 6. The van der Waals surface area contributed by atoms with E-state index in [1.165, 1.54) is 32.1 Å². The van der Waals surface area contributed by atoms with Gasteiger partial charge in [0, 0.05) is 25.5 Å². The van der Waals surface area contributed by atoms with Gasteiger partial charge < -0.3 is 14.6 Å². The highest BCUT2D eigenvalue weighted by Crippen LogP contribution is 2.28. The van der Waals surface area contributed by atoms with Gasteiger partial charge in [-0.2, -0.15) is 0 Å². The molecule has 1 fully saturated rings. The van der Waals surface area contributed by atoms with Crippen molar-refractivity contribution in [3.8, 4) is 0 Å². The SMILES string of the molecule is CCC1CCCC(Nc2nccn2C(C)COC)C1. The van der Waals surface area contributed by atoms with Crippen LogP contribution in [0.15, 0.2) is 12.4 Å². The molecule has 1 aromatic heterocycles. The molecule has 1 heterocycles. The molecule has 19 heavy (non-hydrogen) atoms. The summed E-state index contributed by atoms with van der Waals surface area (Å²) in [7, 11) is 1.74. The number of nitrogens with one attached hydrogen (secondary N) is 1. The molecule has 0 saturated heterocycles. The first kappa shape index (κ1) is 14.4. The van der Waals surface area contributed by atoms with Crippen molar-refractivity contribution in [2.75, 3.05) is 19.0 Å². The summed E-state index contributed by atoms with van der Waals surface area (Å²) in [5, 5.41) is 3.63. The van der Waals surface area contributed by atoms with Crippen LogP contribution in [0.1, 0.15) is 52.0 Å². The van der Waals surface area contributed by atoms with E-state index in [9.17, 15) is 0 Å². The zero-order valence-electron chi connectivity index (χ0n) is 12.4. The molecule has 0 amide bonds. The summed E-state index contributed by atoms with van der Waals surface area (Å²) in [6.07, 6.45) is 10.5. The number of ether oxygens (including phenoxy) is 1. The minimum atomic E-state index is 0.320. The van der Waals surface area contributed by atoms with Gasteiger partial charge in [-0.25, -0.2) is 4.98 Å². The van der Waals surface area contributed by atoms with Crippen molar-refractivity contribution in [2.45, 2.75) is 58.0 Å². The lowest BCUT2D eigenvalue weighted by molar-refractivity contribution is 0.163. The Morgan fingerprint density at radius 2 is 2.37 bits per heavy atom. The van der Waals surface area contributed by atoms with E-state index in [2.05, 4.69) is 28.7 Å². The molecule has 1 N–H and O–H groups in total. The Morgan fingerprint density at radius 1 is 1.53 bits per heavy atom. The first-order valence-electron chi connectivity index (χ1n) is 7.52. The van der Waals surface area contributed by atoms with Gasteiger partial charge in [-0.15, -0.1) is 0 Å². The second kappa shape index (κ2) is 6.94. The highest BCUT2D eigenvalue weighted by Gasteiger charge is 2.22. The molecule has 1 aliphatic carbocycles. The van der Waals surface area contributed by atoms with E-state index in [4.69, 9.17) is 4.74 Å². The maximum absolute atomic E-state index is 5.23. The number of methoxy groups -OCH3 is 1. The fourth-order valence-corrected chi connectivity index (χ4v) is 3.08. The van der Waals surface area contributed by atoms with Gasteiger partial charge in [0.25, 0.3) is 0 Å². The first-order chi connectivity index (χ1) is 9.24. The predicted octanol–water partition coefficient (Wildman–Crippen LogP) is 3.47. The minimum Gasteiger partial charge on any atom is -0.383 e. The Labute approximate surface area is 116 Å². The van der Waals surface area contributed by atoms with Gasteiger partial charge in [-0.3, -0.25) is 0 Å². The van der Waals surface area contributed by atoms with Crippen molar-refractivity contribution in [1.82, 2.24) is 9.55 Å². The number of aromatic nitrogens is 2. The monoisotopic (exact) mass is 265 g/mol. The van der Waals surface area contributed by atoms with Gasteiger partial charge >= 0.3 is 0 Å². The van der Waals surface area contributed by atoms with E-state index in [1.54, 1.807) is 7.11 Å². The molecular formula is C15H27N3O. The first-order valence-corrected chi connectivity index (χ1v) is 7.52. The van der Waals surface area contributed by atoms with Crippen molar-refractivity contribution in [3.63, 3.8) is 0 Å². The highest BCUT2D eigenvalue weighted by molar-refractivity contribution is 5.28. The lowest BCUT2D eigenvalue weighted by atomic mass is 9.84. The van der Waals surface area contributed by atoms with Crippen LogP contribution < -0.4 is 5.32 Å². The van der Waals surface area contributed by atoms with Gasteiger partial charge in [-0.1, -0.05) is 26.2 Å². The molecule has 1 aromatic rings. The van der Waals surface area contributed by atoms with E-state index in [-0.39, 0.29) is 0 Å². The van der Waals surface area contributed by atoms with Crippen LogP contribution in [-0.2, 0) is 4.74 Å². The Bertz CT molecular complexity index is 377. The minimum absolute atomic E-state index is 0.320. The largest absolute Gasteiger partial charge is 0.383 e. The Kier molecular flexibility index (Phi) is 5.25. The van der Waals surface area contributed by atoms with E-state index in [0.29, 0.717) is 18.7 Å². The zero-order chi connectivity index (χ0) is 13.7. The number of hydrogen-bond donors (Lipinski definition) is 1. The molecule has 1 aliphatic rings. The summed E-state index contributed by atoms with van der Waals surface area (Å²) in [5.41, 5.74) is 0. The molecule has 0 radical (unpaired) electrons. The van der Waals surface area contributed by atoms with Crippen LogP contribution >= 0.6 is 0 Å². The van der Waals surface area contributed by atoms with Crippen LogP contribution in [0.4, 0.5) is 5.95 Å². The van der Waals surface area contributed by atoms with E-state index in [1.807, 2.05) is 12.4 Å². The number of nitrogens with zero attached hydrogens (tertiary/aromatic N) is 2. The molecule has 3 atom stereocenters. The summed E-state index contributed by atoms with van der Waals surface area (Å²) >= 11 is 0. The Morgan fingerprint density at radius 3 is 3.11 bits per heavy atom. The van der Waals surface area contributed by atoms with Crippen LogP contribution in [0, 0.1) is 5.92 Å². The van der Waals surface area contributed by atoms with Gasteiger partial charge in [0.2, 0.25) is 5.95 Å². The van der Waals surface area contributed by atoms with Gasteiger partial charge in [0.15, 0.2) is 0 Å². The fourth-order valence-electron chi connectivity index (χ4n) is 3.08. The normalized spacial score (nSPS) is 25.2. The Balaban J connectivity index is 1.97. The molecule has 2 rings (SSSR count). The fraction of sp³-hybridized carbons (Fsp3) is 0.800. The second-order valence-electron chi connectivity index (χ2n) is 5.74. The maximum Gasteiger partial charge on any atom is 0.203 e. The molecule has 0 aliphatic heterocycles. The van der Waals surface area contributed by atoms with Crippen LogP contribution in [-0.4, -0.2) is 29.3 Å². The summed E-state index contributed by atoms with van der Waals surface area (Å²) < 4.78 is 7.41. The van der Waals surface area contributed by atoms with E-state index in [0.717, 1.165) is 11.9 Å². The van der Waals surface area contributed by atoms with Crippen LogP contribution in [0.2, 0.25) is 0 Å². The topological polar surface area (TPSA) is 39.1 Å².